The van der Waals surface area contributed by atoms with Crippen LogP contribution in [0.1, 0.15) is 17.4 Å². The molecule has 0 unspecified atom stereocenters. The molecule has 0 aliphatic carbocycles. The van der Waals surface area contributed by atoms with Crippen molar-refractivity contribution in [2.24, 2.45) is 0 Å². The van der Waals surface area contributed by atoms with Gasteiger partial charge in [-0.15, -0.1) is 0 Å². The molecule has 0 bridgehead atoms. The van der Waals surface area contributed by atoms with E-state index in [9.17, 15) is 4.79 Å². The van der Waals surface area contributed by atoms with E-state index in [1.165, 1.54) is 0 Å². The number of para-hydroxylation sites is 1. The van der Waals surface area contributed by atoms with E-state index in [2.05, 4.69) is 10.4 Å². The lowest BCUT2D eigenvalue weighted by atomic mass is 10.3. The summed E-state index contributed by atoms with van der Waals surface area (Å²) in [5.74, 6) is 1.24. The number of hydrogen-bond donors (Lipinski definition) is 1. The van der Waals surface area contributed by atoms with Crippen molar-refractivity contribution in [3.05, 3.63) is 72.6 Å². The molecule has 0 saturated heterocycles. The molecule has 0 radical (unpaired) electrons. The average molecular weight is 337 g/mol. The van der Waals surface area contributed by atoms with Gasteiger partial charge in [-0.3, -0.25) is 4.79 Å². The number of rotatable bonds is 7. The number of hydrogen-bond acceptors (Lipinski definition) is 4. The summed E-state index contributed by atoms with van der Waals surface area (Å²) < 4.78 is 12.5. The molecular formula is C19H19N3O3. The predicted octanol–water partition coefficient (Wildman–Crippen LogP) is 3.57. The first kappa shape index (κ1) is 16.6. The molecule has 0 spiro atoms. The fourth-order valence-electron chi connectivity index (χ4n) is 2.21. The molecule has 6 heteroatoms. The van der Waals surface area contributed by atoms with E-state index in [1.807, 2.05) is 49.4 Å². The van der Waals surface area contributed by atoms with Gasteiger partial charge in [0.05, 0.1) is 6.61 Å². The molecule has 0 aliphatic heterocycles. The number of carbonyl (C=O) groups is 1. The predicted molar refractivity (Wildman–Crippen MR) is 94.9 cm³/mol. The third kappa shape index (κ3) is 4.60. The summed E-state index contributed by atoms with van der Waals surface area (Å²) in [7, 11) is 0. The third-order valence-corrected chi connectivity index (χ3v) is 3.40. The maximum atomic E-state index is 12.3. The van der Waals surface area contributed by atoms with Gasteiger partial charge in [0.25, 0.3) is 5.91 Å². The van der Waals surface area contributed by atoms with Gasteiger partial charge in [-0.05, 0) is 49.4 Å². The van der Waals surface area contributed by atoms with Crippen LogP contribution < -0.4 is 14.8 Å². The molecule has 3 aromatic rings. The number of aromatic nitrogens is 2. The van der Waals surface area contributed by atoms with E-state index in [0.717, 1.165) is 11.5 Å². The fourth-order valence-corrected chi connectivity index (χ4v) is 2.21. The van der Waals surface area contributed by atoms with E-state index in [-0.39, 0.29) is 12.6 Å². The molecule has 128 valence electrons. The fraction of sp³-hybridized carbons (Fsp3) is 0.158. The van der Waals surface area contributed by atoms with E-state index < -0.39 is 0 Å². The molecule has 2 aromatic carbocycles. The second-order valence-corrected chi connectivity index (χ2v) is 5.24. The first-order valence-corrected chi connectivity index (χ1v) is 8.00. The van der Waals surface area contributed by atoms with E-state index in [4.69, 9.17) is 9.47 Å². The highest BCUT2D eigenvalue weighted by atomic mass is 16.5. The Labute approximate surface area is 146 Å². The standard InChI is InChI=1S/C19H19N3O3/c1-2-24-17-10-8-15(9-11-17)20-19(23)18-12-13-22(21-18)14-25-16-6-4-3-5-7-16/h3-13H,2,14H2,1H3,(H,20,23). The Morgan fingerprint density at radius 1 is 1.00 bits per heavy atom. The van der Waals surface area contributed by atoms with Crippen LogP contribution in [0.15, 0.2) is 66.9 Å². The number of nitrogens with zero attached hydrogens (tertiary/aromatic N) is 2. The van der Waals surface area contributed by atoms with Gasteiger partial charge in [0.15, 0.2) is 12.4 Å². The Hall–Kier alpha value is -3.28. The van der Waals surface area contributed by atoms with Gasteiger partial charge in [-0.25, -0.2) is 4.68 Å². The van der Waals surface area contributed by atoms with Crippen molar-refractivity contribution in [2.75, 3.05) is 11.9 Å². The molecule has 1 aromatic heterocycles. The monoisotopic (exact) mass is 337 g/mol. The summed E-state index contributed by atoms with van der Waals surface area (Å²) in [5, 5.41) is 7.03. The van der Waals surface area contributed by atoms with Gasteiger partial charge in [0.1, 0.15) is 11.5 Å². The second-order valence-electron chi connectivity index (χ2n) is 5.24. The Bertz CT molecular complexity index is 813. The minimum absolute atomic E-state index is 0.236. The number of carbonyl (C=O) groups excluding carboxylic acids is 1. The van der Waals surface area contributed by atoms with Gasteiger partial charge < -0.3 is 14.8 Å². The zero-order valence-corrected chi connectivity index (χ0v) is 13.9. The van der Waals surface area contributed by atoms with Crippen LogP contribution in [0.3, 0.4) is 0 Å². The lowest BCUT2D eigenvalue weighted by Gasteiger charge is -2.06. The molecule has 6 nitrogen and oxygen atoms in total. The molecule has 1 amide bonds. The van der Waals surface area contributed by atoms with Crippen molar-refractivity contribution in [3.8, 4) is 11.5 Å². The topological polar surface area (TPSA) is 65.4 Å². The summed E-state index contributed by atoms with van der Waals surface area (Å²) >= 11 is 0. The van der Waals surface area contributed by atoms with Gasteiger partial charge in [0.2, 0.25) is 0 Å². The van der Waals surface area contributed by atoms with Crippen molar-refractivity contribution in [1.82, 2.24) is 9.78 Å². The Kier molecular flexibility index (Phi) is 5.31. The largest absolute Gasteiger partial charge is 0.494 e. The van der Waals surface area contributed by atoms with Crippen molar-refractivity contribution in [2.45, 2.75) is 13.7 Å². The van der Waals surface area contributed by atoms with Crippen LogP contribution in [0.2, 0.25) is 0 Å². The maximum Gasteiger partial charge on any atom is 0.276 e. The summed E-state index contributed by atoms with van der Waals surface area (Å²) in [6, 6.07) is 18.3. The first-order chi connectivity index (χ1) is 12.2. The third-order valence-electron chi connectivity index (χ3n) is 3.40. The molecule has 3 rings (SSSR count). The second kappa shape index (κ2) is 8.01. The molecular weight excluding hydrogens is 318 g/mol. The lowest BCUT2D eigenvalue weighted by Crippen LogP contribution is -2.14. The van der Waals surface area contributed by atoms with Gasteiger partial charge >= 0.3 is 0 Å². The number of amides is 1. The minimum atomic E-state index is -0.275. The summed E-state index contributed by atoms with van der Waals surface area (Å²) in [6.45, 7) is 2.77. The normalized spacial score (nSPS) is 10.3. The van der Waals surface area contributed by atoms with Crippen molar-refractivity contribution in [1.29, 1.82) is 0 Å². The van der Waals surface area contributed by atoms with Gasteiger partial charge in [0, 0.05) is 11.9 Å². The molecule has 1 heterocycles. The van der Waals surface area contributed by atoms with Crippen LogP contribution in [0.4, 0.5) is 5.69 Å². The molecule has 0 fully saturated rings. The highest BCUT2D eigenvalue weighted by Gasteiger charge is 2.10. The number of nitrogens with one attached hydrogen (secondary N) is 1. The number of ether oxygens (including phenoxy) is 2. The minimum Gasteiger partial charge on any atom is -0.494 e. The van der Waals surface area contributed by atoms with Crippen LogP contribution in [-0.4, -0.2) is 22.3 Å². The van der Waals surface area contributed by atoms with Crippen molar-refractivity contribution < 1.29 is 14.3 Å². The highest BCUT2D eigenvalue weighted by Crippen LogP contribution is 2.16. The molecule has 0 atom stereocenters. The van der Waals surface area contributed by atoms with Crippen LogP contribution in [0.5, 0.6) is 11.5 Å². The molecule has 0 saturated carbocycles. The average Bonchev–Trinajstić information content (AvgIpc) is 3.12. The van der Waals surface area contributed by atoms with Gasteiger partial charge in [-0.2, -0.15) is 5.10 Å². The number of benzene rings is 2. The van der Waals surface area contributed by atoms with Crippen molar-refractivity contribution in [3.63, 3.8) is 0 Å². The van der Waals surface area contributed by atoms with Crippen LogP contribution in [-0.2, 0) is 6.73 Å². The Morgan fingerprint density at radius 3 is 2.44 bits per heavy atom. The smallest absolute Gasteiger partial charge is 0.276 e. The summed E-state index contributed by atoms with van der Waals surface area (Å²) in [6.07, 6.45) is 1.70. The van der Waals surface area contributed by atoms with Crippen LogP contribution in [0.25, 0.3) is 0 Å². The maximum absolute atomic E-state index is 12.3. The highest BCUT2D eigenvalue weighted by molar-refractivity contribution is 6.02. The quantitative estimate of drug-likeness (QED) is 0.716. The zero-order chi connectivity index (χ0) is 17.5. The van der Waals surface area contributed by atoms with Crippen molar-refractivity contribution >= 4 is 11.6 Å². The number of anilines is 1. The Morgan fingerprint density at radius 2 is 1.72 bits per heavy atom. The van der Waals surface area contributed by atoms with E-state index in [0.29, 0.717) is 18.0 Å². The molecule has 0 aliphatic rings. The summed E-state index contributed by atoms with van der Waals surface area (Å²) in [5.41, 5.74) is 1.01. The molecule has 25 heavy (non-hydrogen) atoms. The molecule has 1 N–H and O–H groups in total. The lowest BCUT2D eigenvalue weighted by molar-refractivity contribution is 0.102. The summed E-state index contributed by atoms with van der Waals surface area (Å²) in [4.78, 5) is 12.3. The van der Waals surface area contributed by atoms with E-state index in [1.54, 1.807) is 29.1 Å². The SMILES string of the molecule is CCOc1ccc(NC(=O)c2ccn(COc3ccccc3)n2)cc1. The first-order valence-electron chi connectivity index (χ1n) is 8.00. The van der Waals surface area contributed by atoms with E-state index >= 15 is 0 Å². The zero-order valence-electron chi connectivity index (χ0n) is 13.9. The van der Waals surface area contributed by atoms with Crippen LogP contribution in [0, 0.1) is 0 Å². The van der Waals surface area contributed by atoms with Gasteiger partial charge in [-0.1, -0.05) is 18.2 Å². The van der Waals surface area contributed by atoms with Crippen LogP contribution >= 0.6 is 0 Å². The Balaban J connectivity index is 1.56.